The van der Waals surface area contributed by atoms with E-state index in [1.54, 1.807) is 0 Å². The van der Waals surface area contributed by atoms with Crippen LogP contribution in [0.1, 0.15) is 36.0 Å². The van der Waals surface area contributed by atoms with Gasteiger partial charge >= 0.3 is 0 Å². The monoisotopic (exact) mass is 586 g/mol. The zero-order valence-electron chi connectivity index (χ0n) is 25.4. The van der Waals surface area contributed by atoms with Crippen LogP contribution in [0.4, 0.5) is 0 Å². The minimum absolute atomic E-state index is 0.741. The number of rotatable bonds is 4. The molecule has 1 nitrogen and oxygen atoms in total. The number of furan rings is 1. The van der Waals surface area contributed by atoms with E-state index in [1.807, 2.05) is 12.1 Å². The van der Waals surface area contributed by atoms with Crippen molar-refractivity contribution < 1.29 is 4.42 Å². The third kappa shape index (κ3) is 4.34. The predicted octanol–water partition coefficient (Wildman–Crippen LogP) is 12.2. The summed E-state index contributed by atoms with van der Waals surface area (Å²) in [4.78, 5) is 0. The van der Waals surface area contributed by atoms with Gasteiger partial charge in [0.15, 0.2) is 0 Å². The Morgan fingerprint density at radius 3 is 2.09 bits per heavy atom. The number of para-hydroxylation sites is 1. The van der Waals surface area contributed by atoms with Gasteiger partial charge in [-0.05, 0) is 86.3 Å². The van der Waals surface area contributed by atoms with Crippen molar-refractivity contribution in [2.75, 3.05) is 0 Å². The molecule has 0 unspecified atom stereocenters. The standard InChI is InChI=1S/C45H30O/c1-3-13-31(14-4-1)34-15-7-8-19-37(34)45-40-18-6-2-5-17-38(40)44(39-20-9-10-21-41(39)45)32-25-23-30(24-26-32)33-27-28-36-35-16-11-12-22-42(35)46-43(36)29-33/h1,3,5,7-13,15-17,19-29H,2,4,14H2. The second kappa shape index (κ2) is 11.0. The fraction of sp³-hybridized carbons (Fsp3) is 0.0667. The fourth-order valence-corrected chi connectivity index (χ4v) is 7.26. The summed E-state index contributed by atoms with van der Waals surface area (Å²) in [5.41, 5.74) is 14.0. The third-order valence-electron chi connectivity index (χ3n) is 9.41. The molecule has 46 heavy (non-hydrogen) atoms. The van der Waals surface area contributed by atoms with Gasteiger partial charge in [0.05, 0.1) is 0 Å². The van der Waals surface area contributed by atoms with E-state index >= 15 is 0 Å². The van der Waals surface area contributed by atoms with E-state index in [-0.39, 0.29) is 0 Å². The van der Waals surface area contributed by atoms with Gasteiger partial charge in [-0.15, -0.1) is 0 Å². The van der Waals surface area contributed by atoms with Gasteiger partial charge in [0.25, 0.3) is 0 Å². The van der Waals surface area contributed by atoms with Gasteiger partial charge in [0.2, 0.25) is 0 Å². The highest BCUT2D eigenvalue weighted by Gasteiger charge is 2.22. The summed E-state index contributed by atoms with van der Waals surface area (Å²) in [7, 11) is 0. The molecule has 216 valence electrons. The van der Waals surface area contributed by atoms with Crippen molar-refractivity contribution in [3.05, 3.63) is 156 Å². The van der Waals surface area contributed by atoms with Crippen LogP contribution >= 0.6 is 0 Å². The first-order valence-corrected chi connectivity index (χ1v) is 16.1. The molecular weight excluding hydrogens is 556 g/mol. The molecule has 1 heteroatoms. The number of hydrogen-bond donors (Lipinski definition) is 0. The van der Waals surface area contributed by atoms with Crippen LogP contribution in [-0.4, -0.2) is 0 Å². The normalized spacial score (nSPS) is 13.8. The van der Waals surface area contributed by atoms with Crippen molar-refractivity contribution in [2.24, 2.45) is 0 Å². The van der Waals surface area contributed by atoms with Crippen LogP contribution in [0.2, 0.25) is 0 Å². The van der Waals surface area contributed by atoms with Gasteiger partial charge in [-0.3, -0.25) is 0 Å². The summed E-state index contributed by atoms with van der Waals surface area (Å²) in [6.45, 7) is 0. The zero-order valence-corrected chi connectivity index (χ0v) is 25.4. The first kappa shape index (κ1) is 26.6. The molecule has 0 atom stereocenters. The SMILES string of the molecule is C1#Cc2c(c(-c3ccc(-c4ccc5c(c4)oc4ccccc45)cc3)c3ccccc3c2-c2ccccc2C2=CC=CCC2)C=CC1. The molecule has 0 N–H and O–H groups in total. The summed E-state index contributed by atoms with van der Waals surface area (Å²) < 4.78 is 6.20. The number of benzene rings is 6. The maximum absolute atomic E-state index is 6.20. The highest BCUT2D eigenvalue weighted by molar-refractivity contribution is 6.12. The van der Waals surface area contributed by atoms with E-state index in [9.17, 15) is 0 Å². The molecule has 1 heterocycles. The number of fused-ring (bicyclic) bond motifs is 5. The van der Waals surface area contributed by atoms with Crippen LogP contribution in [0.25, 0.3) is 77.7 Å². The van der Waals surface area contributed by atoms with Crippen LogP contribution in [0, 0.1) is 11.8 Å². The lowest BCUT2D eigenvalue weighted by molar-refractivity contribution is 0.669. The molecule has 0 radical (unpaired) electrons. The lowest BCUT2D eigenvalue weighted by atomic mass is 9.81. The van der Waals surface area contributed by atoms with Gasteiger partial charge in [-0.2, -0.15) is 0 Å². The van der Waals surface area contributed by atoms with Crippen LogP contribution in [-0.2, 0) is 0 Å². The second-order valence-corrected chi connectivity index (χ2v) is 12.1. The fourth-order valence-electron chi connectivity index (χ4n) is 7.26. The Morgan fingerprint density at radius 1 is 0.565 bits per heavy atom. The Labute approximate surface area is 268 Å². The van der Waals surface area contributed by atoms with Crippen molar-refractivity contribution >= 4 is 44.4 Å². The Morgan fingerprint density at radius 2 is 1.26 bits per heavy atom. The molecule has 0 spiro atoms. The Kier molecular flexibility index (Phi) is 6.32. The molecule has 1 aromatic heterocycles. The smallest absolute Gasteiger partial charge is 0.136 e. The molecule has 0 aliphatic heterocycles. The van der Waals surface area contributed by atoms with Crippen molar-refractivity contribution in [2.45, 2.75) is 19.3 Å². The summed E-state index contributed by atoms with van der Waals surface area (Å²) >= 11 is 0. The maximum atomic E-state index is 6.20. The molecule has 7 aromatic rings. The Hall–Kier alpha value is -5.84. The highest BCUT2D eigenvalue weighted by atomic mass is 16.3. The molecule has 2 aliphatic carbocycles. The van der Waals surface area contributed by atoms with E-state index in [4.69, 9.17) is 4.42 Å². The molecule has 0 bridgehead atoms. The van der Waals surface area contributed by atoms with Crippen LogP contribution in [0.3, 0.4) is 0 Å². The molecule has 9 rings (SSSR count). The number of allylic oxidation sites excluding steroid dienone is 5. The van der Waals surface area contributed by atoms with E-state index < -0.39 is 0 Å². The molecule has 0 amide bonds. The molecule has 0 saturated carbocycles. The first-order chi connectivity index (χ1) is 22.8. The predicted molar refractivity (Wildman–Crippen MR) is 194 cm³/mol. The second-order valence-electron chi connectivity index (χ2n) is 12.1. The first-order valence-electron chi connectivity index (χ1n) is 16.1. The lowest BCUT2D eigenvalue weighted by Gasteiger charge is -2.22. The summed E-state index contributed by atoms with van der Waals surface area (Å²) in [5.74, 6) is 7.07. The quantitative estimate of drug-likeness (QED) is 0.187. The van der Waals surface area contributed by atoms with Crippen molar-refractivity contribution in [3.63, 3.8) is 0 Å². The number of hydrogen-bond acceptors (Lipinski definition) is 1. The molecule has 0 saturated heterocycles. The maximum Gasteiger partial charge on any atom is 0.136 e. The van der Waals surface area contributed by atoms with Crippen LogP contribution < -0.4 is 0 Å². The minimum Gasteiger partial charge on any atom is -0.456 e. The molecule has 6 aromatic carbocycles. The Balaban J connectivity index is 1.22. The van der Waals surface area contributed by atoms with E-state index in [2.05, 4.69) is 145 Å². The molecule has 0 fully saturated rings. The van der Waals surface area contributed by atoms with Gasteiger partial charge in [-0.1, -0.05) is 139 Å². The highest BCUT2D eigenvalue weighted by Crippen LogP contribution is 2.45. The van der Waals surface area contributed by atoms with E-state index in [0.717, 1.165) is 57.9 Å². The van der Waals surface area contributed by atoms with E-state index in [1.165, 1.54) is 49.7 Å². The lowest BCUT2D eigenvalue weighted by Crippen LogP contribution is -1.99. The third-order valence-corrected chi connectivity index (χ3v) is 9.41. The van der Waals surface area contributed by atoms with Gasteiger partial charge in [0.1, 0.15) is 11.2 Å². The summed E-state index contributed by atoms with van der Waals surface area (Å²) in [5, 5.41) is 4.78. The van der Waals surface area contributed by atoms with Gasteiger partial charge < -0.3 is 4.42 Å². The average molecular weight is 587 g/mol. The van der Waals surface area contributed by atoms with Crippen molar-refractivity contribution in [1.82, 2.24) is 0 Å². The average Bonchev–Trinajstić information content (AvgIpc) is 3.32. The minimum atomic E-state index is 0.741. The van der Waals surface area contributed by atoms with Gasteiger partial charge in [0, 0.05) is 28.3 Å². The largest absolute Gasteiger partial charge is 0.456 e. The molecule has 2 aliphatic rings. The van der Waals surface area contributed by atoms with Crippen molar-refractivity contribution in [3.8, 4) is 45.2 Å². The summed E-state index contributed by atoms with van der Waals surface area (Å²) in [6.07, 6.45) is 14.1. The Bertz CT molecular complexity index is 2490. The molecular formula is C45H30O. The zero-order chi connectivity index (χ0) is 30.5. The van der Waals surface area contributed by atoms with Crippen molar-refractivity contribution in [1.29, 1.82) is 0 Å². The topological polar surface area (TPSA) is 13.1 Å². The summed E-state index contributed by atoms with van der Waals surface area (Å²) in [6, 6.07) is 41.5. The van der Waals surface area contributed by atoms with Crippen LogP contribution in [0.15, 0.2) is 144 Å². The van der Waals surface area contributed by atoms with E-state index in [0.29, 0.717) is 0 Å². The van der Waals surface area contributed by atoms with Gasteiger partial charge in [-0.25, -0.2) is 0 Å². The van der Waals surface area contributed by atoms with Crippen LogP contribution in [0.5, 0.6) is 0 Å².